The Morgan fingerprint density at radius 3 is 2.62 bits per heavy atom. The summed E-state index contributed by atoms with van der Waals surface area (Å²) in [4.78, 5) is 28.7. The van der Waals surface area contributed by atoms with Gasteiger partial charge in [-0.15, -0.1) is 0 Å². The number of amides is 3. The van der Waals surface area contributed by atoms with E-state index in [1.54, 1.807) is 4.68 Å². The van der Waals surface area contributed by atoms with Crippen LogP contribution in [0, 0.1) is 0 Å². The molecule has 132 valence electrons. The summed E-state index contributed by atoms with van der Waals surface area (Å²) in [7, 11) is 1.87. The summed E-state index contributed by atoms with van der Waals surface area (Å²) in [5.41, 5.74) is 1.54. The molecule has 2 fully saturated rings. The Labute approximate surface area is 143 Å². The molecule has 0 bridgehead atoms. The second kappa shape index (κ2) is 6.11. The molecular formula is C17H27N5O2. The molecule has 0 aliphatic carbocycles. The molecule has 1 N–H and O–H groups in total. The number of carbonyl (C=O) groups is 2. The van der Waals surface area contributed by atoms with E-state index in [1.807, 2.05) is 36.8 Å². The van der Waals surface area contributed by atoms with Gasteiger partial charge in [-0.05, 0) is 32.3 Å². The van der Waals surface area contributed by atoms with Gasteiger partial charge in [0.25, 0.3) is 5.91 Å². The predicted molar refractivity (Wildman–Crippen MR) is 90.9 cm³/mol. The number of nitrogens with one attached hydrogen (secondary N) is 1. The number of nitrogens with zero attached hydrogens (tertiary/aromatic N) is 4. The summed E-state index contributed by atoms with van der Waals surface area (Å²) in [6.45, 7) is 9.44. The van der Waals surface area contributed by atoms with Crippen LogP contribution in [-0.2, 0) is 7.05 Å². The maximum absolute atomic E-state index is 12.8. The molecule has 1 aromatic rings. The molecule has 0 saturated carbocycles. The number of aryl methyl sites for hydroxylation is 1. The van der Waals surface area contributed by atoms with Gasteiger partial charge in [0.2, 0.25) is 0 Å². The fourth-order valence-electron chi connectivity index (χ4n) is 3.89. The van der Waals surface area contributed by atoms with E-state index >= 15 is 0 Å². The highest BCUT2D eigenvalue weighted by Crippen LogP contribution is 2.26. The molecule has 0 radical (unpaired) electrons. The third kappa shape index (κ3) is 2.76. The van der Waals surface area contributed by atoms with Gasteiger partial charge in [0.1, 0.15) is 0 Å². The monoisotopic (exact) mass is 333 g/mol. The van der Waals surface area contributed by atoms with Gasteiger partial charge in [-0.25, -0.2) is 4.79 Å². The van der Waals surface area contributed by atoms with Crippen LogP contribution < -0.4 is 5.32 Å². The number of fused-ring (bicyclic) bond motifs is 1. The summed E-state index contributed by atoms with van der Waals surface area (Å²) in [5, 5.41) is 7.40. The third-order valence-corrected chi connectivity index (χ3v) is 5.05. The van der Waals surface area contributed by atoms with E-state index < -0.39 is 0 Å². The van der Waals surface area contributed by atoms with Gasteiger partial charge in [0.15, 0.2) is 5.69 Å². The van der Waals surface area contributed by atoms with E-state index in [-0.39, 0.29) is 30.1 Å². The molecule has 1 aromatic heterocycles. The van der Waals surface area contributed by atoms with E-state index in [0.29, 0.717) is 24.7 Å². The zero-order chi connectivity index (χ0) is 17.6. The minimum atomic E-state index is -0.0480. The molecule has 3 heterocycles. The van der Waals surface area contributed by atoms with Crippen molar-refractivity contribution in [2.75, 3.05) is 13.1 Å². The van der Waals surface area contributed by atoms with Crippen LogP contribution >= 0.6 is 0 Å². The Morgan fingerprint density at radius 1 is 1.33 bits per heavy atom. The van der Waals surface area contributed by atoms with Crippen LogP contribution in [0.15, 0.2) is 6.07 Å². The number of urea groups is 1. The lowest BCUT2D eigenvalue weighted by Crippen LogP contribution is -2.53. The standard InChI is InChI=1S/C17H27N5O2/c1-10(2)15-8-12(19-20(15)5)16(23)21-7-6-14-13(9-21)18-17(24)22(14)11(3)4/h8,10-11,13-14H,6-7,9H2,1-5H3,(H,18,24)/t13-,14+/m1/s1. The van der Waals surface area contributed by atoms with E-state index in [2.05, 4.69) is 24.3 Å². The minimum Gasteiger partial charge on any atom is -0.335 e. The lowest BCUT2D eigenvalue weighted by molar-refractivity contribution is 0.0638. The first-order chi connectivity index (χ1) is 11.3. The van der Waals surface area contributed by atoms with Gasteiger partial charge in [-0.1, -0.05) is 13.8 Å². The topological polar surface area (TPSA) is 70.5 Å². The molecule has 3 amide bonds. The van der Waals surface area contributed by atoms with Gasteiger partial charge in [0.05, 0.1) is 12.1 Å². The van der Waals surface area contributed by atoms with Crippen molar-refractivity contribution in [2.45, 2.75) is 58.2 Å². The normalized spacial score (nSPS) is 23.9. The van der Waals surface area contributed by atoms with Crippen LogP contribution in [0.25, 0.3) is 0 Å². The molecule has 7 heteroatoms. The van der Waals surface area contributed by atoms with Crippen molar-refractivity contribution in [1.82, 2.24) is 24.9 Å². The second-order valence-corrected chi connectivity index (χ2v) is 7.40. The van der Waals surface area contributed by atoms with Gasteiger partial charge in [-0.2, -0.15) is 5.10 Å². The van der Waals surface area contributed by atoms with Gasteiger partial charge < -0.3 is 15.1 Å². The quantitative estimate of drug-likeness (QED) is 0.912. The van der Waals surface area contributed by atoms with Crippen molar-refractivity contribution in [1.29, 1.82) is 0 Å². The molecule has 2 aliphatic rings. The second-order valence-electron chi connectivity index (χ2n) is 7.40. The van der Waals surface area contributed by atoms with Crippen molar-refractivity contribution in [3.63, 3.8) is 0 Å². The largest absolute Gasteiger partial charge is 0.335 e. The SMILES string of the molecule is CC(C)c1cc(C(=O)N2CC[C@H]3[C@@H](C2)NC(=O)N3C(C)C)nn1C. The third-order valence-electron chi connectivity index (χ3n) is 5.05. The first kappa shape index (κ1) is 16.8. The maximum Gasteiger partial charge on any atom is 0.318 e. The summed E-state index contributed by atoms with van der Waals surface area (Å²) in [6, 6.07) is 2.22. The highest BCUT2D eigenvalue weighted by Gasteiger charge is 2.44. The van der Waals surface area contributed by atoms with Crippen molar-refractivity contribution < 1.29 is 9.59 Å². The zero-order valence-corrected chi connectivity index (χ0v) is 15.1. The predicted octanol–water partition coefficient (Wildman–Crippen LogP) is 1.56. The zero-order valence-electron chi connectivity index (χ0n) is 15.1. The molecular weight excluding hydrogens is 306 g/mol. The van der Waals surface area contributed by atoms with Gasteiger partial charge >= 0.3 is 6.03 Å². The summed E-state index contributed by atoms with van der Waals surface area (Å²) >= 11 is 0. The van der Waals surface area contributed by atoms with E-state index in [4.69, 9.17) is 0 Å². The van der Waals surface area contributed by atoms with Crippen molar-refractivity contribution in [2.24, 2.45) is 7.05 Å². The van der Waals surface area contributed by atoms with Crippen molar-refractivity contribution in [3.05, 3.63) is 17.5 Å². The molecule has 24 heavy (non-hydrogen) atoms. The molecule has 0 unspecified atom stereocenters. The van der Waals surface area contributed by atoms with Crippen LogP contribution in [0.3, 0.4) is 0 Å². The van der Waals surface area contributed by atoms with Gasteiger partial charge in [0, 0.05) is 31.9 Å². The minimum absolute atomic E-state index is 0.00545. The van der Waals surface area contributed by atoms with E-state index in [0.717, 1.165) is 12.1 Å². The van der Waals surface area contributed by atoms with E-state index in [9.17, 15) is 9.59 Å². The average Bonchev–Trinajstić information content (AvgIpc) is 3.04. The Bertz CT molecular complexity index is 651. The Morgan fingerprint density at radius 2 is 2.04 bits per heavy atom. The van der Waals surface area contributed by atoms with Crippen molar-refractivity contribution >= 4 is 11.9 Å². The number of likely N-dealkylation sites (tertiary alicyclic amines) is 1. The highest BCUT2D eigenvalue weighted by atomic mass is 16.2. The Hall–Kier alpha value is -2.05. The van der Waals surface area contributed by atoms with Crippen LogP contribution in [0.2, 0.25) is 0 Å². The number of piperidine rings is 1. The highest BCUT2D eigenvalue weighted by molar-refractivity contribution is 5.92. The summed E-state index contributed by atoms with van der Waals surface area (Å²) in [6.07, 6.45) is 0.803. The van der Waals surface area contributed by atoms with E-state index in [1.165, 1.54) is 0 Å². The average molecular weight is 333 g/mol. The number of rotatable bonds is 3. The molecule has 2 saturated heterocycles. The molecule has 0 aromatic carbocycles. The maximum atomic E-state index is 12.8. The Kier molecular flexibility index (Phi) is 4.27. The summed E-state index contributed by atoms with van der Waals surface area (Å²) in [5.74, 6) is 0.275. The number of hydrogen-bond acceptors (Lipinski definition) is 3. The van der Waals surface area contributed by atoms with Crippen LogP contribution in [0.4, 0.5) is 4.79 Å². The van der Waals surface area contributed by atoms with Crippen LogP contribution in [0.5, 0.6) is 0 Å². The molecule has 2 aliphatic heterocycles. The lowest BCUT2D eigenvalue weighted by Gasteiger charge is -2.37. The van der Waals surface area contributed by atoms with Crippen LogP contribution in [0.1, 0.15) is 56.2 Å². The molecule has 3 rings (SSSR count). The molecule has 7 nitrogen and oxygen atoms in total. The fraction of sp³-hybridized carbons (Fsp3) is 0.706. The fourth-order valence-corrected chi connectivity index (χ4v) is 3.89. The van der Waals surface area contributed by atoms with Crippen molar-refractivity contribution in [3.8, 4) is 0 Å². The lowest BCUT2D eigenvalue weighted by atomic mass is 9.98. The molecule has 0 spiro atoms. The number of aromatic nitrogens is 2. The smallest absolute Gasteiger partial charge is 0.318 e. The number of hydrogen-bond donors (Lipinski definition) is 1. The first-order valence-corrected chi connectivity index (χ1v) is 8.71. The number of carbonyl (C=O) groups excluding carboxylic acids is 2. The summed E-state index contributed by atoms with van der Waals surface area (Å²) < 4.78 is 1.78. The Balaban J connectivity index is 1.73. The first-order valence-electron chi connectivity index (χ1n) is 8.71. The molecule has 2 atom stereocenters. The van der Waals surface area contributed by atoms with Crippen LogP contribution in [-0.4, -0.2) is 62.7 Å². The van der Waals surface area contributed by atoms with Gasteiger partial charge in [-0.3, -0.25) is 9.48 Å².